The second kappa shape index (κ2) is 8.05. The number of para-hydroxylation sites is 2. The first-order valence-corrected chi connectivity index (χ1v) is 9.04. The molecule has 0 atom stereocenters. The van der Waals surface area contributed by atoms with Crippen LogP contribution in [0.2, 0.25) is 0 Å². The molecule has 0 fully saturated rings. The van der Waals surface area contributed by atoms with Crippen molar-refractivity contribution in [2.24, 2.45) is 0 Å². The molecule has 0 aliphatic carbocycles. The van der Waals surface area contributed by atoms with Crippen LogP contribution in [0.25, 0.3) is 6.08 Å². The molecule has 2 aromatic rings. The minimum absolute atomic E-state index is 0.125. The zero-order chi connectivity index (χ0) is 20.2. The number of amides is 2. The summed E-state index contributed by atoms with van der Waals surface area (Å²) in [6.45, 7) is 0.389. The van der Waals surface area contributed by atoms with Crippen molar-refractivity contribution in [2.45, 2.75) is 0 Å². The van der Waals surface area contributed by atoms with Gasteiger partial charge in [0.15, 0.2) is 18.1 Å². The molecule has 0 radical (unpaired) electrons. The predicted molar refractivity (Wildman–Crippen MR) is 105 cm³/mol. The molecule has 0 saturated carbocycles. The first-order valence-electron chi connectivity index (χ1n) is 9.04. The third kappa shape index (κ3) is 4.21. The Morgan fingerprint density at radius 3 is 2.76 bits per heavy atom. The van der Waals surface area contributed by atoms with Gasteiger partial charge in [0.1, 0.15) is 19.8 Å². The molecule has 8 heteroatoms. The van der Waals surface area contributed by atoms with Crippen LogP contribution in [0, 0.1) is 0 Å². The fourth-order valence-corrected chi connectivity index (χ4v) is 3.04. The van der Waals surface area contributed by atoms with E-state index in [1.165, 1.54) is 11.0 Å². The summed E-state index contributed by atoms with van der Waals surface area (Å²) in [5.41, 5.74) is 1.85. The van der Waals surface area contributed by atoms with Crippen molar-refractivity contribution in [3.63, 3.8) is 0 Å². The van der Waals surface area contributed by atoms with Gasteiger partial charge in [-0.15, -0.1) is 0 Å². The number of nitrogens with one attached hydrogen (secondary N) is 1. The molecule has 2 amide bonds. The predicted octanol–water partition coefficient (Wildman–Crippen LogP) is 2.00. The summed E-state index contributed by atoms with van der Waals surface area (Å²) in [6, 6.07) is 12.2. The molecule has 0 saturated heterocycles. The Morgan fingerprint density at radius 2 is 1.90 bits per heavy atom. The van der Waals surface area contributed by atoms with Crippen molar-refractivity contribution in [2.75, 3.05) is 36.6 Å². The maximum absolute atomic E-state index is 12.5. The lowest BCUT2D eigenvalue weighted by atomic mass is 10.2. The molecule has 2 heterocycles. The Morgan fingerprint density at radius 1 is 1.10 bits per heavy atom. The molecule has 2 aromatic carbocycles. The molecular formula is C21H18N2O6. The molecule has 0 bridgehead atoms. The largest absolute Gasteiger partial charge is 0.486 e. The number of hydrogen-bond acceptors (Lipinski definition) is 6. The van der Waals surface area contributed by atoms with E-state index in [1.807, 2.05) is 0 Å². The Labute approximate surface area is 166 Å². The van der Waals surface area contributed by atoms with E-state index in [-0.39, 0.29) is 12.5 Å². The number of rotatable bonds is 4. The normalized spacial score (nSPS) is 14.9. The highest BCUT2D eigenvalue weighted by atomic mass is 16.6. The van der Waals surface area contributed by atoms with Crippen LogP contribution in [0.5, 0.6) is 11.5 Å². The zero-order valence-electron chi connectivity index (χ0n) is 15.4. The number of benzene rings is 2. The van der Waals surface area contributed by atoms with Crippen molar-refractivity contribution in [1.29, 1.82) is 0 Å². The minimum atomic E-state index is -0.664. The molecule has 0 unspecified atom stereocenters. The number of hydrogen-bond donors (Lipinski definition) is 1. The van der Waals surface area contributed by atoms with Gasteiger partial charge in [0.05, 0.1) is 11.4 Å². The summed E-state index contributed by atoms with van der Waals surface area (Å²) in [5, 5.41) is 2.70. The van der Waals surface area contributed by atoms with Crippen LogP contribution in [-0.2, 0) is 19.1 Å². The zero-order valence-corrected chi connectivity index (χ0v) is 15.4. The van der Waals surface area contributed by atoms with Gasteiger partial charge in [0.2, 0.25) is 5.91 Å². The molecule has 29 heavy (non-hydrogen) atoms. The first-order chi connectivity index (χ1) is 14.1. The topological polar surface area (TPSA) is 94.2 Å². The maximum Gasteiger partial charge on any atom is 0.331 e. The lowest BCUT2D eigenvalue weighted by Crippen LogP contribution is -2.43. The van der Waals surface area contributed by atoms with Gasteiger partial charge in [-0.05, 0) is 35.9 Å². The summed E-state index contributed by atoms with van der Waals surface area (Å²) < 4.78 is 16.0. The molecular weight excluding hydrogens is 376 g/mol. The molecule has 0 aromatic heterocycles. The van der Waals surface area contributed by atoms with Gasteiger partial charge in [0.25, 0.3) is 5.91 Å². The summed E-state index contributed by atoms with van der Waals surface area (Å²) in [4.78, 5) is 37.5. The third-order valence-corrected chi connectivity index (χ3v) is 4.39. The molecule has 148 valence electrons. The lowest BCUT2D eigenvalue weighted by molar-refractivity contribution is -0.143. The van der Waals surface area contributed by atoms with Crippen LogP contribution < -0.4 is 19.7 Å². The number of fused-ring (bicyclic) bond motifs is 2. The Hall–Kier alpha value is -3.81. The van der Waals surface area contributed by atoms with Crippen LogP contribution in [0.4, 0.5) is 11.4 Å². The highest BCUT2D eigenvalue weighted by Crippen LogP contribution is 2.31. The van der Waals surface area contributed by atoms with E-state index >= 15 is 0 Å². The van der Waals surface area contributed by atoms with Gasteiger partial charge in [-0.25, -0.2) is 4.79 Å². The van der Waals surface area contributed by atoms with Gasteiger partial charge < -0.3 is 19.5 Å². The quantitative estimate of drug-likeness (QED) is 0.630. The van der Waals surface area contributed by atoms with Crippen LogP contribution >= 0.6 is 0 Å². The van der Waals surface area contributed by atoms with Crippen LogP contribution in [0.15, 0.2) is 48.5 Å². The number of carbonyl (C=O) groups is 3. The number of anilines is 2. The van der Waals surface area contributed by atoms with Crippen molar-refractivity contribution in [1.82, 2.24) is 0 Å². The lowest BCUT2D eigenvalue weighted by Gasteiger charge is -2.28. The molecule has 1 N–H and O–H groups in total. The number of ether oxygens (including phenoxy) is 3. The third-order valence-electron chi connectivity index (χ3n) is 4.39. The van der Waals surface area contributed by atoms with E-state index in [9.17, 15) is 14.4 Å². The minimum Gasteiger partial charge on any atom is -0.486 e. The van der Waals surface area contributed by atoms with Crippen molar-refractivity contribution in [3.8, 4) is 11.5 Å². The standard InChI is InChI=1S/C21H18N2O6/c24-19-12-23(16-4-2-1-3-15(16)22-19)20(25)13-29-21(26)8-6-14-5-7-17-18(11-14)28-10-9-27-17/h1-8,11H,9-10,12-13H2,(H,22,24)/b8-6+. The number of carbonyl (C=O) groups excluding carboxylic acids is 3. The molecule has 4 rings (SSSR count). The molecule has 8 nitrogen and oxygen atoms in total. The van der Waals surface area contributed by atoms with Crippen molar-refractivity contribution in [3.05, 3.63) is 54.1 Å². The Bertz CT molecular complexity index is 1000. The van der Waals surface area contributed by atoms with E-state index in [0.29, 0.717) is 36.1 Å². The second-order valence-electron chi connectivity index (χ2n) is 6.39. The van der Waals surface area contributed by atoms with E-state index in [2.05, 4.69) is 5.32 Å². The smallest absolute Gasteiger partial charge is 0.331 e. The van der Waals surface area contributed by atoms with E-state index in [4.69, 9.17) is 14.2 Å². The SMILES string of the molecule is O=C1CN(C(=O)COC(=O)/C=C/c2ccc3c(c2)OCCO3)c2ccccc2N1. The molecule has 2 aliphatic heterocycles. The number of nitrogens with zero attached hydrogens (tertiary/aromatic N) is 1. The molecule has 2 aliphatic rings. The second-order valence-corrected chi connectivity index (χ2v) is 6.39. The van der Waals surface area contributed by atoms with Gasteiger partial charge in [0, 0.05) is 6.08 Å². The van der Waals surface area contributed by atoms with Crippen LogP contribution in [-0.4, -0.2) is 44.1 Å². The fourth-order valence-electron chi connectivity index (χ4n) is 3.04. The summed E-state index contributed by atoms with van der Waals surface area (Å²) in [7, 11) is 0. The first kappa shape index (κ1) is 18.5. The summed E-state index contributed by atoms with van der Waals surface area (Å²) in [6.07, 6.45) is 2.80. The molecule has 0 spiro atoms. The highest BCUT2D eigenvalue weighted by Gasteiger charge is 2.27. The van der Waals surface area contributed by atoms with Gasteiger partial charge in [-0.2, -0.15) is 0 Å². The van der Waals surface area contributed by atoms with E-state index in [0.717, 1.165) is 5.56 Å². The average Bonchev–Trinajstić information content (AvgIpc) is 2.75. The van der Waals surface area contributed by atoms with Gasteiger partial charge in [-0.3, -0.25) is 14.5 Å². The Balaban J connectivity index is 1.36. The summed E-state index contributed by atoms with van der Waals surface area (Å²) in [5.74, 6) is -0.172. The maximum atomic E-state index is 12.5. The van der Waals surface area contributed by atoms with Crippen LogP contribution in [0.1, 0.15) is 5.56 Å². The number of esters is 1. The van der Waals surface area contributed by atoms with E-state index in [1.54, 1.807) is 48.5 Å². The van der Waals surface area contributed by atoms with E-state index < -0.39 is 18.5 Å². The van der Waals surface area contributed by atoms with Crippen LogP contribution in [0.3, 0.4) is 0 Å². The van der Waals surface area contributed by atoms with Crippen molar-refractivity contribution >= 4 is 35.2 Å². The fraction of sp³-hybridized carbons (Fsp3) is 0.190. The summed E-state index contributed by atoms with van der Waals surface area (Å²) >= 11 is 0. The highest BCUT2D eigenvalue weighted by molar-refractivity contribution is 6.10. The average molecular weight is 394 g/mol. The van der Waals surface area contributed by atoms with Gasteiger partial charge in [-0.1, -0.05) is 18.2 Å². The Kier molecular flexibility index (Phi) is 5.15. The monoisotopic (exact) mass is 394 g/mol. The van der Waals surface area contributed by atoms with Gasteiger partial charge >= 0.3 is 5.97 Å². The van der Waals surface area contributed by atoms with Crippen molar-refractivity contribution < 1.29 is 28.6 Å².